The number of hydrogen-bond acceptors (Lipinski definition) is 4. The smallest absolute Gasteiger partial charge is 0.184 e. The van der Waals surface area contributed by atoms with Gasteiger partial charge in [0.1, 0.15) is 0 Å². The Bertz CT molecular complexity index is 3200. The minimum Gasteiger partial charge on any atom is -0.311 e. The van der Waals surface area contributed by atoms with E-state index in [2.05, 4.69) is 265 Å². The predicted molar refractivity (Wildman–Crippen MR) is 285 cm³/mol. The monoisotopic (exact) mass is 898 g/mol. The molecule has 12 rings (SSSR count). The van der Waals surface area contributed by atoms with Crippen molar-refractivity contribution >= 4 is 91.8 Å². The van der Waals surface area contributed by atoms with Crippen molar-refractivity contribution in [3.63, 3.8) is 0 Å². The molecular weight excluding hydrogens is 857 g/mol. The molecule has 0 radical (unpaired) electrons. The van der Waals surface area contributed by atoms with Gasteiger partial charge in [-0.15, -0.1) is 0 Å². The summed E-state index contributed by atoms with van der Waals surface area (Å²) in [6.45, 7) is 0. The third-order valence-electron chi connectivity index (χ3n) is 14.1. The van der Waals surface area contributed by atoms with Gasteiger partial charge in [-0.2, -0.15) is 10.5 Å². The largest absolute Gasteiger partial charge is 0.311 e. The molecule has 318 valence electrons. The topological polar surface area (TPSA) is 54.1 Å². The molecule has 0 saturated carbocycles. The van der Waals surface area contributed by atoms with Crippen LogP contribution in [-0.4, -0.2) is 16.1 Å². The molecule has 0 unspecified atom stereocenters. The van der Waals surface area contributed by atoms with Gasteiger partial charge in [-0.3, -0.25) is 0 Å². The minimum absolute atomic E-state index is 0.497. The lowest BCUT2D eigenvalue weighted by molar-refractivity contribution is 1.28. The van der Waals surface area contributed by atoms with E-state index in [4.69, 9.17) is 0 Å². The fourth-order valence-electron chi connectivity index (χ4n) is 11.4. The van der Waals surface area contributed by atoms with Gasteiger partial charge < -0.3 is 9.80 Å². The van der Waals surface area contributed by atoms with Crippen LogP contribution in [0.5, 0.6) is 0 Å². The van der Waals surface area contributed by atoms with Crippen molar-refractivity contribution in [2.24, 2.45) is 0 Å². The highest BCUT2D eigenvalue weighted by Crippen LogP contribution is 2.44. The zero-order valence-electron chi connectivity index (χ0n) is 37.0. The average molecular weight is 899 g/mol. The molecule has 0 saturated heterocycles. The zero-order valence-corrected chi connectivity index (χ0v) is 39.0. The molecule has 10 aromatic carbocycles. The molecule has 2 heterocycles. The molecule has 4 nitrogen and oxygen atoms in total. The molecule has 0 N–H and O–H groups in total. The Morgan fingerprint density at radius 3 is 0.794 bits per heavy atom. The van der Waals surface area contributed by atoms with E-state index < -0.39 is 16.1 Å². The quantitative estimate of drug-likeness (QED) is 0.150. The van der Waals surface area contributed by atoms with Crippen molar-refractivity contribution in [3.05, 3.63) is 266 Å². The predicted octanol–water partition coefficient (Wildman–Crippen LogP) is 9.42. The van der Waals surface area contributed by atoms with Gasteiger partial charge in [-0.05, 0) is 102 Å². The van der Waals surface area contributed by atoms with Gasteiger partial charge in [-0.25, -0.2) is 0 Å². The number of para-hydroxylation sites is 4. The Balaban J connectivity index is 1.06. The molecule has 2 aliphatic rings. The van der Waals surface area contributed by atoms with Crippen molar-refractivity contribution in [3.8, 4) is 23.3 Å². The van der Waals surface area contributed by atoms with Crippen molar-refractivity contribution in [1.82, 2.24) is 0 Å². The maximum absolute atomic E-state index is 10.9. The van der Waals surface area contributed by atoms with E-state index in [0.29, 0.717) is 22.3 Å². The summed E-state index contributed by atoms with van der Waals surface area (Å²) in [4.78, 5) is 4.72. The lowest BCUT2D eigenvalue weighted by Crippen LogP contribution is -2.77. The number of benzene rings is 10. The molecular formula is C62H42N4Si2. The summed E-state index contributed by atoms with van der Waals surface area (Å²) in [5.74, 6) is 0. The normalized spacial score (nSPS) is 13.7. The molecule has 6 heteroatoms. The van der Waals surface area contributed by atoms with E-state index in [-0.39, 0.29) is 0 Å². The highest BCUT2D eigenvalue weighted by atomic mass is 28.3. The van der Waals surface area contributed by atoms with Gasteiger partial charge in [0.05, 0.1) is 23.3 Å². The average Bonchev–Trinajstić information content (AvgIpc) is 3.42. The standard InChI is InChI=1S/C62H42N4Si2/c63-43-45-37-39-47(65-55-29-13-17-33-59(55)67(49-21-5-1-6-22-49,50-23-7-2-8-24-50)60-34-18-14-30-56(60)65)41-53(45)54-42-48(40-38-46(54)44-64)66-57-31-15-19-35-61(57)68(51-25-9-3-10-26-51,52-27-11-4-12-28-52)62-36-20-16-32-58(62)66/h1-42H. The van der Waals surface area contributed by atoms with Crippen LogP contribution in [0.3, 0.4) is 0 Å². The van der Waals surface area contributed by atoms with E-state index in [1.54, 1.807) is 0 Å². The number of fused-ring (bicyclic) bond motifs is 4. The second-order valence-electron chi connectivity index (χ2n) is 17.4. The number of nitrogens with zero attached hydrogens (tertiary/aromatic N) is 4. The maximum atomic E-state index is 10.9. The van der Waals surface area contributed by atoms with Crippen LogP contribution in [0.4, 0.5) is 34.1 Å². The summed E-state index contributed by atoms with van der Waals surface area (Å²) in [6, 6.07) is 96.6. The van der Waals surface area contributed by atoms with Crippen molar-refractivity contribution < 1.29 is 0 Å². The van der Waals surface area contributed by atoms with Gasteiger partial charge >= 0.3 is 0 Å². The third kappa shape index (κ3) is 6.03. The van der Waals surface area contributed by atoms with E-state index in [1.165, 1.54) is 41.5 Å². The van der Waals surface area contributed by atoms with Crippen molar-refractivity contribution in [2.45, 2.75) is 0 Å². The van der Waals surface area contributed by atoms with Crippen LogP contribution in [-0.2, 0) is 0 Å². The molecule has 0 amide bonds. The van der Waals surface area contributed by atoms with Gasteiger partial charge in [0.15, 0.2) is 16.1 Å². The SMILES string of the molecule is N#Cc1ccc(N2c3ccccc3[Si](c3ccccc3)(c3ccccc3)c3ccccc32)cc1-c1cc(N2c3ccccc3[Si](c3ccccc3)(c3ccccc3)c3ccccc32)ccc1C#N. The molecule has 0 atom stereocenters. The van der Waals surface area contributed by atoms with Crippen LogP contribution < -0.4 is 51.3 Å². The van der Waals surface area contributed by atoms with Gasteiger partial charge in [0.2, 0.25) is 0 Å². The van der Waals surface area contributed by atoms with Crippen LogP contribution in [0.25, 0.3) is 11.1 Å². The molecule has 0 aliphatic carbocycles. The van der Waals surface area contributed by atoms with E-state index in [0.717, 1.165) is 34.1 Å². The Labute approximate surface area is 399 Å². The van der Waals surface area contributed by atoms with Crippen LogP contribution in [0.15, 0.2) is 255 Å². The number of hydrogen-bond donors (Lipinski definition) is 0. The lowest BCUT2D eigenvalue weighted by atomic mass is 9.94. The number of rotatable bonds is 7. The maximum Gasteiger partial charge on any atom is 0.184 e. The van der Waals surface area contributed by atoms with Crippen LogP contribution >= 0.6 is 0 Å². The van der Waals surface area contributed by atoms with E-state index in [1.807, 2.05) is 12.1 Å². The van der Waals surface area contributed by atoms with Gasteiger partial charge in [0.25, 0.3) is 0 Å². The summed E-state index contributed by atoms with van der Waals surface area (Å²) >= 11 is 0. The van der Waals surface area contributed by atoms with Gasteiger partial charge in [0, 0.05) is 45.3 Å². The third-order valence-corrected chi connectivity index (χ3v) is 23.8. The first-order valence-electron chi connectivity index (χ1n) is 23.0. The van der Waals surface area contributed by atoms with E-state index in [9.17, 15) is 10.5 Å². The summed E-state index contributed by atoms with van der Waals surface area (Å²) in [7, 11) is -5.68. The summed E-state index contributed by atoms with van der Waals surface area (Å²) in [5, 5.41) is 32.2. The van der Waals surface area contributed by atoms with Crippen LogP contribution in [0.2, 0.25) is 0 Å². The second kappa shape index (κ2) is 16.6. The van der Waals surface area contributed by atoms with E-state index >= 15 is 0 Å². The number of nitriles is 2. The highest BCUT2D eigenvalue weighted by molar-refractivity contribution is 7.22. The molecule has 2 aliphatic heterocycles. The highest BCUT2D eigenvalue weighted by Gasteiger charge is 2.50. The Kier molecular flexibility index (Phi) is 9.92. The Morgan fingerprint density at radius 2 is 0.529 bits per heavy atom. The fraction of sp³-hybridized carbons (Fsp3) is 0. The first kappa shape index (κ1) is 40.7. The van der Waals surface area contributed by atoms with Gasteiger partial charge in [-0.1, -0.05) is 194 Å². The second-order valence-corrected chi connectivity index (χ2v) is 24.9. The Morgan fingerprint density at radius 1 is 0.279 bits per heavy atom. The molecule has 10 aromatic rings. The zero-order chi connectivity index (χ0) is 45.7. The first-order chi connectivity index (χ1) is 33.7. The molecule has 0 aromatic heterocycles. The van der Waals surface area contributed by atoms with Crippen LogP contribution in [0, 0.1) is 22.7 Å². The molecule has 68 heavy (non-hydrogen) atoms. The lowest BCUT2D eigenvalue weighted by Gasteiger charge is -2.45. The minimum atomic E-state index is -2.84. The fourth-order valence-corrected chi connectivity index (χ4v) is 21.6. The summed E-state index contributed by atoms with van der Waals surface area (Å²) in [6.07, 6.45) is 0. The first-order valence-corrected chi connectivity index (χ1v) is 27.0. The number of anilines is 6. The summed E-state index contributed by atoms with van der Waals surface area (Å²) < 4.78 is 0. The van der Waals surface area contributed by atoms with Crippen molar-refractivity contribution in [2.75, 3.05) is 9.80 Å². The molecule has 0 spiro atoms. The molecule has 0 bridgehead atoms. The van der Waals surface area contributed by atoms with Crippen LogP contribution in [0.1, 0.15) is 11.1 Å². The molecule has 0 fully saturated rings. The summed E-state index contributed by atoms with van der Waals surface area (Å²) in [5.41, 5.74) is 8.61. The Hall–Kier alpha value is -8.79. The van der Waals surface area contributed by atoms with Crippen molar-refractivity contribution in [1.29, 1.82) is 10.5 Å².